The summed E-state index contributed by atoms with van der Waals surface area (Å²) in [6, 6.07) is 6.04. The third kappa shape index (κ3) is 4.48. The number of carbonyl (C=O) groups excluding carboxylic acids is 1. The summed E-state index contributed by atoms with van der Waals surface area (Å²) in [5.41, 5.74) is 3.32. The van der Waals surface area contributed by atoms with E-state index in [1.54, 1.807) is 0 Å². The molecule has 1 rings (SSSR count). The van der Waals surface area contributed by atoms with Crippen LogP contribution in [0.15, 0.2) is 18.2 Å². The number of ketones is 1. The minimum atomic E-state index is -0.640. The van der Waals surface area contributed by atoms with Crippen LogP contribution in [0.5, 0.6) is 0 Å². The molecule has 4 heteroatoms. The SMILES string of the molecule is Cc1cccc(C)c1NCC(O)CC(=O)CBr. The monoisotopic (exact) mass is 299 g/mol. The van der Waals surface area contributed by atoms with Crippen molar-refractivity contribution in [3.63, 3.8) is 0 Å². The number of hydrogen-bond donors (Lipinski definition) is 2. The second-order valence-corrected chi connectivity index (χ2v) is 4.74. The van der Waals surface area contributed by atoms with Gasteiger partial charge in [-0.2, -0.15) is 0 Å². The summed E-state index contributed by atoms with van der Waals surface area (Å²) in [5.74, 6) is 0.0146. The molecule has 1 unspecified atom stereocenters. The van der Waals surface area contributed by atoms with Gasteiger partial charge in [-0.05, 0) is 25.0 Å². The first-order chi connectivity index (χ1) is 8.04. The van der Waals surface area contributed by atoms with Crippen LogP contribution in [0.4, 0.5) is 5.69 Å². The second-order valence-electron chi connectivity index (χ2n) is 4.18. The number of anilines is 1. The number of para-hydroxylation sites is 1. The molecule has 0 heterocycles. The number of halogens is 1. The molecule has 0 fully saturated rings. The van der Waals surface area contributed by atoms with Gasteiger partial charge in [-0.1, -0.05) is 34.1 Å². The van der Waals surface area contributed by atoms with Gasteiger partial charge in [0.15, 0.2) is 0 Å². The van der Waals surface area contributed by atoms with Crippen LogP contribution in [0, 0.1) is 13.8 Å². The molecule has 0 spiro atoms. The van der Waals surface area contributed by atoms with Gasteiger partial charge in [0.05, 0.1) is 11.4 Å². The smallest absolute Gasteiger partial charge is 0.146 e. The molecule has 0 radical (unpaired) electrons. The van der Waals surface area contributed by atoms with Crippen molar-refractivity contribution in [2.24, 2.45) is 0 Å². The minimum Gasteiger partial charge on any atom is -0.391 e. The number of hydrogen-bond acceptors (Lipinski definition) is 3. The zero-order chi connectivity index (χ0) is 12.8. The number of benzene rings is 1. The Morgan fingerprint density at radius 2 is 2.00 bits per heavy atom. The Bertz CT molecular complexity index is 373. The fraction of sp³-hybridized carbons (Fsp3) is 0.462. The standard InChI is InChI=1S/C13H18BrNO2/c1-9-4-3-5-10(2)13(9)15-8-12(17)6-11(16)7-14/h3-5,12,15,17H,6-8H2,1-2H3. The Kier molecular flexibility index (Phi) is 5.65. The van der Waals surface area contributed by atoms with Crippen LogP contribution < -0.4 is 5.32 Å². The van der Waals surface area contributed by atoms with Crippen LogP contribution in [-0.4, -0.2) is 28.9 Å². The Balaban J connectivity index is 2.53. The third-order valence-electron chi connectivity index (χ3n) is 2.61. The van der Waals surface area contributed by atoms with E-state index in [1.807, 2.05) is 32.0 Å². The van der Waals surface area contributed by atoms with Crippen LogP contribution in [0.25, 0.3) is 0 Å². The normalized spacial score (nSPS) is 12.2. The molecule has 1 atom stereocenters. The molecule has 0 aliphatic carbocycles. The molecular weight excluding hydrogens is 282 g/mol. The van der Waals surface area contributed by atoms with Gasteiger partial charge in [-0.15, -0.1) is 0 Å². The maximum absolute atomic E-state index is 11.1. The summed E-state index contributed by atoms with van der Waals surface area (Å²) < 4.78 is 0. The lowest BCUT2D eigenvalue weighted by molar-refractivity contribution is -0.118. The highest BCUT2D eigenvalue weighted by molar-refractivity contribution is 9.09. The largest absolute Gasteiger partial charge is 0.391 e. The number of rotatable bonds is 6. The van der Waals surface area contributed by atoms with E-state index in [4.69, 9.17) is 0 Å². The van der Waals surface area contributed by atoms with E-state index in [9.17, 15) is 9.90 Å². The van der Waals surface area contributed by atoms with E-state index in [0.29, 0.717) is 11.9 Å². The van der Waals surface area contributed by atoms with E-state index in [2.05, 4.69) is 21.2 Å². The summed E-state index contributed by atoms with van der Waals surface area (Å²) in [7, 11) is 0. The highest BCUT2D eigenvalue weighted by Gasteiger charge is 2.10. The van der Waals surface area contributed by atoms with Crippen molar-refractivity contribution in [2.45, 2.75) is 26.4 Å². The average Bonchev–Trinajstić information content (AvgIpc) is 2.28. The fourth-order valence-corrected chi connectivity index (χ4v) is 1.93. The maximum atomic E-state index is 11.1. The van der Waals surface area contributed by atoms with Gasteiger partial charge in [-0.3, -0.25) is 4.79 Å². The minimum absolute atomic E-state index is 0.0146. The molecule has 0 amide bonds. The van der Waals surface area contributed by atoms with Gasteiger partial charge >= 0.3 is 0 Å². The van der Waals surface area contributed by atoms with Crippen molar-refractivity contribution in [1.29, 1.82) is 0 Å². The number of nitrogens with one attached hydrogen (secondary N) is 1. The Labute approximate surface area is 110 Å². The van der Waals surface area contributed by atoms with Gasteiger partial charge in [0.25, 0.3) is 0 Å². The highest BCUT2D eigenvalue weighted by Crippen LogP contribution is 2.19. The molecule has 0 saturated carbocycles. The third-order valence-corrected chi connectivity index (χ3v) is 3.23. The van der Waals surface area contributed by atoms with Crippen LogP contribution in [0.2, 0.25) is 0 Å². The summed E-state index contributed by atoms with van der Waals surface area (Å²) >= 11 is 3.08. The van der Waals surface area contributed by atoms with Crippen LogP contribution in [-0.2, 0) is 4.79 Å². The van der Waals surface area contributed by atoms with Gasteiger partial charge < -0.3 is 10.4 Å². The van der Waals surface area contributed by atoms with E-state index in [-0.39, 0.29) is 12.2 Å². The number of aliphatic hydroxyl groups excluding tert-OH is 1. The second kappa shape index (κ2) is 6.77. The zero-order valence-electron chi connectivity index (χ0n) is 10.2. The molecule has 1 aromatic rings. The molecule has 0 aliphatic heterocycles. The molecule has 0 saturated heterocycles. The highest BCUT2D eigenvalue weighted by atomic mass is 79.9. The summed E-state index contributed by atoms with van der Waals surface area (Å²) in [6.07, 6.45) is -0.456. The van der Waals surface area contributed by atoms with Crippen molar-refractivity contribution < 1.29 is 9.90 Å². The Hall–Kier alpha value is -0.870. The molecule has 1 aromatic carbocycles. The van der Waals surface area contributed by atoms with E-state index < -0.39 is 6.10 Å². The van der Waals surface area contributed by atoms with Crippen molar-refractivity contribution in [3.8, 4) is 0 Å². The molecule has 0 bridgehead atoms. The predicted octanol–water partition coefficient (Wildman–Crippen LogP) is 2.43. The molecule has 3 nitrogen and oxygen atoms in total. The predicted molar refractivity (Wildman–Crippen MR) is 73.8 cm³/mol. The van der Waals surface area contributed by atoms with E-state index in [0.717, 1.165) is 16.8 Å². The van der Waals surface area contributed by atoms with Gasteiger partial charge in [-0.25, -0.2) is 0 Å². The quantitative estimate of drug-likeness (QED) is 0.793. The lowest BCUT2D eigenvalue weighted by Crippen LogP contribution is -2.23. The number of aliphatic hydroxyl groups is 1. The van der Waals surface area contributed by atoms with Gasteiger partial charge in [0.1, 0.15) is 5.78 Å². The van der Waals surface area contributed by atoms with Crippen LogP contribution in [0.1, 0.15) is 17.5 Å². The van der Waals surface area contributed by atoms with Crippen molar-refractivity contribution in [3.05, 3.63) is 29.3 Å². The lowest BCUT2D eigenvalue weighted by atomic mass is 10.1. The first-order valence-electron chi connectivity index (χ1n) is 5.60. The van der Waals surface area contributed by atoms with Gasteiger partial charge in [0.2, 0.25) is 0 Å². The number of alkyl halides is 1. The number of aryl methyl sites for hydroxylation is 2. The summed E-state index contributed by atoms with van der Waals surface area (Å²) in [4.78, 5) is 11.1. The number of Topliss-reactive ketones (excluding diaryl/α,β-unsaturated/α-hetero) is 1. The molecule has 2 N–H and O–H groups in total. The molecule has 0 aliphatic rings. The van der Waals surface area contributed by atoms with Crippen molar-refractivity contribution >= 4 is 27.4 Å². The first-order valence-corrected chi connectivity index (χ1v) is 6.72. The summed E-state index contributed by atoms with van der Waals surface area (Å²) in [6.45, 7) is 4.43. The van der Waals surface area contributed by atoms with E-state index in [1.165, 1.54) is 0 Å². The lowest BCUT2D eigenvalue weighted by Gasteiger charge is -2.15. The molecule has 17 heavy (non-hydrogen) atoms. The Morgan fingerprint density at radius 1 is 1.41 bits per heavy atom. The van der Waals surface area contributed by atoms with Gasteiger partial charge in [0, 0.05) is 18.7 Å². The zero-order valence-corrected chi connectivity index (χ0v) is 11.8. The maximum Gasteiger partial charge on any atom is 0.146 e. The van der Waals surface area contributed by atoms with Crippen molar-refractivity contribution in [2.75, 3.05) is 17.2 Å². The molecule has 0 aromatic heterocycles. The topological polar surface area (TPSA) is 49.3 Å². The summed E-state index contributed by atoms with van der Waals surface area (Å²) in [5, 5.41) is 13.2. The Morgan fingerprint density at radius 3 is 2.53 bits per heavy atom. The number of carbonyl (C=O) groups is 1. The van der Waals surface area contributed by atoms with Crippen LogP contribution >= 0.6 is 15.9 Å². The molecule has 94 valence electrons. The van der Waals surface area contributed by atoms with Crippen LogP contribution in [0.3, 0.4) is 0 Å². The first kappa shape index (κ1) is 14.2. The van der Waals surface area contributed by atoms with Crippen molar-refractivity contribution in [1.82, 2.24) is 0 Å². The average molecular weight is 300 g/mol. The molecular formula is C13H18BrNO2. The fourth-order valence-electron chi connectivity index (χ4n) is 1.70. The van der Waals surface area contributed by atoms with E-state index >= 15 is 0 Å².